The Morgan fingerprint density at radius 3 is 2.19 bits per heavy atom. The Balaban J connectivity index is 1.74. The molecule has 0 heterocycles. The van der Waals surface area contributed by atoms with Gasteiger partial charge in [-0.1, -0.05) is 34.7 Å². The Morgan fingerprint density at radius 2 is 1.62 bits per heavy atom. The fourth-order valence-corrected chi connectivity index (χ4v) is 5.74. The summed E-state index contributed by atoms with van der Waals surface area (Å²) >= 11 is 2.53. The number of halogens is 4. The maximum atomic E-state index is 14.9. The van der Waals surface area contributed by atoms with Gasteiger partial charge in [0.1, 0.15) is 5.82 Å². The van der Waals surface area contributed by atoms with Crippen LogP contribution in [0.15, 0.2) is 18.2 Å². The molecule has 1 aromatic rings. The molecule has 3 fully saturated rings. The smallest absolute Gasteiger partial charge is 0.206 e. The van der Waals surface area contributed by atoms with Crippen LogP contribution in [0.25, 0.3) is 0 Å². The molecule has 0 aromatic heterocycles. The van der Waals surface area contributed by atoms with Crippen LogP contribution in [0.1, 0.15) is 49.7 Å². The topological polar surface area (TPSA) is 0 Å². The van der Waals surface area contributed by atoms with E-state index < -0.39 is 17.7 Å². The molecule has 0 aliphatic heterocycles. The maximum absolute atomic E-state index is 14.9. The molecule has 0 N–H and O–H groups in total. The van der Waals surface area contributed by atoms with E-state index in [9.17, 15) is 13.2 Å². The molecule has 5 rings (SSSR count). The number of hydrogen-bond donors (Lipinski definition) is 0. The van der Waals surface area contributed by atoms with Gasteiger partial charge < -0.3 is 0 Å². The first-order chi connectivity index (χ1) is 9.86. The standard InChI is InChI=1S/C17H18F3I/c18-12-3-1-2-11-10-13(17(19,20)14(11)12)15-4-7-16(21,8-5-15)9-6-15/h1-3,13H,4-10H2. The van der Waals surface area contributed by atoms with E-state index in [0.29, 0.717) is 15.4 Å². The molecule has 1 aromatic carbocycles. The van der Waals surface area contributed by atoms with Crippen LogP contribution in [0.3, 0.4) is 0 Å². The lowest BCUT2D eigenvalue weighted by molar-refractivity contribution is -0.133. The van der Waals surface area contributed by atoms with Crippen molar-refractivity contribution >= 4 is 22.6 Å². The van der Waals surface area contributed by atoms with Crippen LogP contribution in [0.2, 0.25) is 0 Å². The van der Waals surface area contributed by atoms with E-state index in [1.165, 1.54) is 6.07 Å². The van der Waals surface area contributed by atoms with E-state index in [1.807, 2.05) is 0 Å². The van der Waals surface area contributed by atoms with Crippen molar-refractivity contribution < 1.29 is 13.2 Å². The maximum Gasteiger partial charge on any atom is 0.279 e. The number of alkyl halides is 3. The number of fused-ring (bicyclic) bond motifs is 4. The van der Waals surface area contributed by atoms with Gasteiger partial charge >= 0.3 is 0 Å². The van der Waals surface area contributed by atoms with E-state index in [2.05, 4.69) is 22.6 Å². The normalized spacial score (nSPS) is 40.3. The average Bonchev–Trinajstić information content (AvgIpc) is 2.73. The fourth-order valence-electron chi connectivity index (χ4n) is 4.93. The van der Waals surface area contributed by atoms with Crippen LogP contribution in [0, 0.1) is 17.2 Å². The third-order valence-electron chi connectivity index (χ3n) is 6.25. The molecule has 21 heavy (non-hydrogen) atoms. The first-order valence-corrected chi connectivity index (χ1v) is 8.79. The van der Waals surface area contributed by atoms with Gasteiger partial charge in [-0.2, -0.15) is 0 Å². The van der Waals surface area contributed by atoms with Gasteiger partial charge in [0, 0.05) is 9.34 Å². The molecule has 0 amide bonds. The first kappa shape index (κ1) is 14.3. The molecule has 0 spiro atoms. The Bertz CT molecular complexity index is 571. The molecule has 114 valence electrons. The molecular weight excluding hydrogens is 388 g/mol. The zero-order valence-electron chi connectivity index (χ0n) is 11.8. The van der Waals surface area contributed by atoms with Gasteiger partial charge in [-0.3, -0.25) is 0 Å². The van der Waals surface area contributed by atoms with Gasteiger partial charge in [0.15, 0.2) is 0 Å². The molecule has 4 heteroatoms. The van der Waals surface area contributed by atoms with Gasteiger partial charge in [-0.15, -0.1) is 0 Å². The molecule has 0 radical (unpaired) electrons. The predicted octanol–water partition coefficient (Wildman–Crippen LogP) is 5.62. The minimum absolute atomic E-state index is 0.276. The van der Waals surface area contributed by atoms with Crippen molar-refractivity contribution in [1.29, 1.82) is 0 Å². The molecule has 4 aliphatic carbocycles. The van der Waals surface area contributed by atoms with E-state index in [1.54, 1.807) is 12.1 Å². The second kappa shape index (κ2) is 4.39. The van der Waals surface area contributed by atoms with Crippen molar-refractivity contribution in [2.24, 2.45) is 11.3 Å². The highest BCUT2D eigenvalue weighted by atomic mass is 127. The highest BCUT2D eigenvalue weighted by Gasteiger charge is 2.61. The van der Waals surface area contributed by atoms with Gasteiger partial charge in [-0.05, 0) is 62.0 Å². The largest absolute Gasteiger partial charge is 0.279 e. The van der Waals surface area contributed by atoms with Crippen molar-refractivity contribution in [2.75, 3.05) is 0 Å². The van der Waals surface area contributed by atoms with Crippen LogP contribution in [-0.4, -0.2) is 3.42 Å². The van der Waals surface area contributed by atoms with E-state index in [4.69, 9.17) is 0 Å². The van der Waals surface area contributed by atoms with Crippen molar-refractivity contribution in [3.63, 3.8) is 0 Å². The quantitative estimate of drug-likeness (QED) is 0.420. The summed E-state index contributed by atoms with van der Waals surface area (Å²) in [5, 5.41) is 0. The average molecular weight is 406 g/mol. The van der Waals surface area contributed by atoms with Crippen LogP contribution < -0.4 is 0 Å². The summed E-state index contributed by atoms with van der Waals surface area (Å²) in [6.07, 6.45) is 6.11. The summed E-state index contributed by atoms with van der Waals surface area (Å²) in [7, 11) is 0. The van der Waals surface area contributed by atoms with E-state index in [0.717, 1.165) is 38.5 Å². The van der Waals surface area contributed by atoms with Crippen LogP contribution >= 0.6 is 22.6 Å². The molecule has 3 saturated carbocycles. The summed E-state index contributed by atoms with van der Waals surface area (Å²) in [6, 6.07) is 4.41. The highest BCUT2D eigenvalue weighted by molar-refractivity contribution is 14.1. The van der Waals surface area contributed by atoms with E-state index >= 15 is 0 Å². The lowest BCUT2D eigenvalue weighted by Crippen LogP contribution is -2.49. The first-order valence-electron chi connectivity index (χ1n) is 7.71. The Kier molecular flexibility index (Phi) is 3.00. The summed E-state index contributed by atoms with van der Waals surface area (Å²) in [5.74, 6) is -4.45. The van der Waals surface area contributed by atoms with Crippen molar-refractivity contribution in [1.82, 2.24) is 0 Å². The second-order valence-electron chi connectivity index (χ2n) is 7.17. The number of hydrogen-bond acceptors (Lipinski definition) is 0. The van der Waals surface area contributed by atoms with Crippen LogP contribution in [0.4, 0.5) is 13.2 Å². The SMILES string of the molecule is Fc1cccc2c1C(F)(F)C(C13CCC(I)(CC1)CC3)C2. The van der Waals surface area contributed by atoms with Crippen LogP contribution in [0.5, 0.6) is 0 Å². The monoisotopic (exact) mass is 406 g/mol. The number of benzene rings is 1. The summed E-state index contributed by atoms with van der Waals surface area (Å²) < 4.78 is 44.2. The fraction of sp³-hybridized carbons (Fsp3) is 0.647. The third kappa shape index (κ3) is 1.93. The molecule has 1 unspecified atom stereocenters. The minimum Gasteiger partial charge on any atom is -0.206 e. The van der Waals surface area contributed by atoms with Crippen LogP contribution in [-0.2, 0) is 12.3 Å². The van der Waals surface area contributed by atoms with E-state index in [-0.39, 0.29) is 11.0 Å². The molecule has 0 nitrogen and oxygen atoms in total. The molecule has 4 aliphatic rings. The minimum atomic E-state index is -3.01. The Hall–Kier alpha value is -0.260. The van der Waals surface area contributed by atoms with Gasteiger partial charge in [-0.25, -0.2) is 13.2 Å². The van der Waals surface area contributed by atoms with Gasteiger partial charge in [0.2, 0.25) is 0 Å². The van der Waals surface area contributed by atoms with Gasteiger partial charge in [0.05, 0.1) is 5.56 Å². The molecular formula is C17H18F3I. The zero-order chi connectivity index (χ0) is 14.9. The Morgan fingerprint density at radius 1 is 1.00 bits per heavy atom. The second-order valence-corrected chi connectivity index (χ2v) is 9.46. The van der Waals surface area contributed by atoms with Crippen molar-refractivity contribution in [2.45, 2.75) is 54.3 Å². The highest BCUT2D eigenvalue weighted by Crippen LogP contribution is 2.65. The summed E-state index contributed by atoms with van der Waals surface area (Å²) in [5.41, 5.74) is -0.0699. The number of rotatable bonds is 1. The lowest BCUT2D eigenvalue weighted by Gasteiger charge is -2.54. The third-order valence-corrected chi connectivity index (χ3v) is 7.87. The Labute approximate surface area is 136 Å². The van der Waals surface area contributed by atoms with Gasteiger partial charge in [0.25, 0.3) is 5.92 Å². The molecule has 1 atom stereocenters. The molecule has 2 bridgehead atoms. The zero-order valence-corrected chi connectivity index (χ0v) is 13.9. The lowest BCUT2D eigenvalue weighted by atomic mass is 9.54. The summed E-state index contributed by atoms with van der Waals surface area (Å²) in [4.78, 5) is 0. The predicted molar refractivity (Wildman–Crippen MR) is 84.4 cm³/mol. The van der Waals surface area contributed by atoms with Crippen molar-refractivity contribution in [3.05, 3.63) is 35.1 Å². The summed E-state index contributed by atoms with van der Waals surface area (Å²) in [6.45, 7) is 0. The molecule has 0 saturated heterocycles. The van der Waals surface area contributed by atoms with Crippen molar-refractivity contribution in [3.8, 4) is 0 Å².